The molecular formula is C12H11ClN4O. The van der Waals surface area contributed by atoms with Gasteiger partial charge in [-0.25, -0.2) is 4.98 Å². The maximum Gasteiger partial charge on any atom is 0.275 e. The Labute approximate surface area is 109 Å². The van der Waals surface area contributed by atoms with Crippen LogP contribution >= 0.6 is 11.6 Å². The van der Waals surface area contributed by atoms with Gasteiger partial charge in [0.15, 0.2) is 0 Å². The van der Waals surface area contributed by atoms with E-state index in [1.54, 1.807) is 25.1 Å². The van der Waals surface area contributed by atoms with Crippen LogP contribution in [0.3, 0.4) is 0 Å². The lowest BCUT2D eigenvalue weighted by Crippen LogP contribution is -2.14. The van der Waals surface area contributed by atoms with E-state index in [0.717, 1.165) is 5.69 Å². The number of hydrogen-bond acceptors (Lipinski definition) is 4. The Morgan fingerprint density at radius 2 is 2.11 bits per heavy atom. The molecule has 6 heteroatoms. The number of aromatic nitrogens is 2. The van der Waals surface area contributed by atoms with Gasteiger partial charge in [0, 0.05) is 11.9 Å². The van der Waals surface area contributed by atoms with Gasteiger partial charge < -0.3 is 11.1 Å². The number of rotatable bonds is 2. The predicted octanol–water partition coefficient (Wildman–Crippen LogP) is 2.27. The van der Waals surface area contributed by atoms with E-state index < -0.39 is 0 Å². The summed E-state index contributed by atoms with van der Waals surface area (Å²) in [6.45, 7) is 1.80. The maximum atomic E-state index is 11.9. The minimum absolute atomic E-state index is 0.221. The number of nitrogens with one attached hydrogen (secondary N) is 1. The molecule has 0 spiro atoms. The van der Waals surface area contributed by atoms with Crippen LogP contribution in [0, 0.1) is 6.92 Å². The number of halogens is 1. The van der Waals surface area contributed by atoms with Crippen LogP contribution in [0.4, 0.5) is 11.4 Å². The molecule has 5 nitrogen and oxygen atoms in total. The molecule has 3 N–H and O–H groups in total. The zero-order valence-corrected chi connectivity index (χ0v) is 10.4. The zero-order valence-electron chi connectivity index (χ0n) is 9.64. The van der Waals surface area contributed by atoms with Gasteiger partial charge in [0.2, 0.25) is 0 Å². The summed E-state index contributed by atoms with van der Waals surface area (Å²) in [5.41, 5.74) is 7.56. The van der Waals surface area contributed by atoms with Crippen LogP contribution in [0.1, 0.15) is 16.2 Å². The number of benzene rings is 1. The largest absolute Gasteiger partial charge is 0.399 e. The summed E-state index contributed by atoms with van der Waals surface area (Å²) in [4.78, 5) is 19.9. The molecule has 0 aliphatic carbocycles. The van der Waals surface area contributed by atoms with Gasteiger partial charge in [-0.2, -0.15) is 0 Å². The minimum atomic E-state index is -0.380. The van der Waals surface area contributed by atoms with Gasteiger partial charge in [0.05, 0.1) is 22.6 Å². The molecule has 0 aliphatic heterocycles. The van der Waals surface area contributed by atoms with Gasteiger partial charge in [-0.3, -0.25) is 9.78 Å². The van der Waals surface area contributed by atoms with Crippen LogP contribution in [0.15, 0.2) is 30.6 Å². The first-order chi connectivity index (χ1) is 8.56. The molecule has 92 valence electrons. The van der Waals surface area contributed by atoms with Crippen molar-refractivity contribution in [1.29, 1.82) is 0 Å². The molecule has 0 fully saturated rings. The third kappa shape index (κ3) is 2.75. The van der Waals surface area contributed by atoms with Crippen molar-refractivity contribution in [2.45, 2.75) is 6.92 Å². The Morgan fingerprint density at radius 3 is 2.78 bits per heavy atom. The lowest BCUT2D eigenvalue weighted by Gasteiger charge is -2.07. The van der Waals surface area contributed by atoms with Crippen LogP contribution in [-0.2, 0) is 0 Å². The van der Waals surface area contributed by atoms with Crippen molar-refractivity contribution in [3.05, 3.63) is 47.0 Å². The highest BCUT2D eigenvalue weighted by Gasteiger charge is 2.10. The van der Waals surface area contributed by atoms with Crippen LogP contribution in [0.25, 0.3) is 0 Å². The quantitative estimate of drug-likeness (QED) is 0.814. The Kier molecular flexibility index (Phi) is 3.43. The first-order valence-electron chi connectivity index (χ1n) is 5.21. The maximum absolute atomic E-state index is 11.9. The predicted molar refractivity (Wildman–Crippen MR) is 70.6 cm³/mol. The van der Waals surface area contributed by atoms with Crippen molar-refractivity contribution in [3.8, 4) is 0 Å². The first kappa shape index (κ1) is 12.3. The van der Waals surface area contributed by atoms with Gasteiger partial charge in [-0.05, 0) is 25.1 Å². The molecule has 0 unspecified atom stereocenters. The average Bonchev–Trinajstić information content (AvgIpc) is 2.34. The van der Waals surface area contributed by atoms with E-state index in [0.29, 0.717) is 16.4 Å². The number of carbonyl (C=O) groups is 1. The van der Waals surface area contributed by atoms with E-state index >= 15 is 0 Å². The van der Waals surface area contributed by atoms with E-state index in [2.05, 4.69) is 15.3 Å². The molecule has 0 saturated heterocycles. The average molecular weight is 263 g/mol. The Balaban J connectivity index is 2.21. The molecule has 2 aromatic rings. The molecular weight excluding hydrogens is 252 g/mol. The number of hydrogen-bond donors (Lipinski definition) is 2. The topological polar surface area (TPSA) is 80.9 Å². The van der Waals surface area contributed by atoms with Gasteiger partial charge in [-0.15, -0.1) is 0 Å². The molecule has 18 heavy (non-hydrogen) atoms. The van der Waals surface area contributed by atoms with Crippen LogP contribution < -0.4 is 11.1 Å². The Hall–Kier alpha value is -2.14. The number of carbonyl (C=O) groups excluding carboxylic acids is 1. The number of amides is 1. The smallest absolute Gasteiger partial charge is 0.275 e. The molecule has 1 aromatic heterocycles. The Morgan fingerprint density at radius 1 is 1.33 bits per heavy atom. The highest BCUT2D eigenvalue weighted by molar-refractivity contribution is 6.34. The molecule has 0 bridgehead atoms. The molecule has 0 radical (unpaired) electrons. The second kappa shape index (κ2) is 5.01. The number of nitrogen functional groups attached to an aromatic ring is 1. The summed E-state index contributed by atoms with van der Waals surface area (Å²) >= 11 is 5.95. The summed E-state index contributed by atoms with van der Waals surface area (Å²) in [5.74, 6) is -0.380. The highest BCUT2D eigenvalue weighted by Crippen LogP contribution is 2.24. The zero-order chi connectivity index (χ0) is 13.1. The van der Waals surface area contributed by atoms with Crippen LogP contribution in [0.5, 0.6) is 0 Å². The van der Waals surface area contributed by atoms with E-state index in [1.807, 2.05) is 0 Å². The summed E-state index contributed by atoms with van der Waals surface area (Å²) in [6.07, 6.45) is 2.93. The van der Waals surface area contributed by atoms with Crippen molar-refractivity contribution in [2.24, 2.45) is 0 Å². The molecule has 2 rings (SSSR count). The fraction of sp³-hybridized carbons (Fsp3) is 0.0833. The van der Waals surface area contributed by atoms with Crippen LogP contribution in [-0.4, -0.2) is 15.9 Å². The van der Waals surface area contributed by atoms with Gasteiger partial charge in [0.25, 0.3) is 5.91 Å². The summed E-state index contributed by atoms with van der Waals surface area (Å²) in [7, 11) is 0. The second-order valence-electron chi connectivity index (χ2n) is 3.74. The number of nitrogens with zero attached hydrogens (tertiary/aromatic N) is 2. The second-order valence-corrected chi connectivity index (χ2v) is 4.14. The molecule has 1 heterocycles. The highest BCUT2D eigenvalue weighted by atomic mass is 35.5. The fourth-order valence-corrected chi connectivity index (χ4v) is 1.50. The van der Waals surface area contributed by atoms with E-state index in [-0.39, 0.29) is 11.6 Å². The number of aryl methyl sites for hydroxylation is 1. The van der Waals surface area contributed by atoms with E-state index in [1.165, 1.54) is 12.4 Å². The van der Waals surface area contributed by atoms with E-state index in [4.69, 9.17) is 17.3 Å². The molecule has 0 atom stereocenters. The fourth-order valence-electron chi connectivity index (χ4n) is 1.33. The van der Waals surface area contributed by atoms with Crippen LogP contribution in [0.2, 0.25) is 5.02 Å². The van der Waals surface area contributed by atoms with Crippen molar-refractivity contribution < 1.29 is 4.79 Å². The Bertz CT molecular complexity index is 583. The summed E-state index contributed by atoms with van der Waals surface area (Å²) in [6, 6.07) is 4.86. The standard InChI is InChI=1S/C12H11ClN4O/c1-7-5-16-11(6-15-7)12(18)17-10-4-8(14)2-3-9(10)13/h2-6H,14H2,1H3,(H,17,18). The van der Waals surface area contributed by atoms with Crippen molar-refractivity contribution in [1.82, 2.24) is 9.97 Å². The summed E-state index contributed by atoms with van der Waals surface area (Å²) in [5, 5.41) is 3.05. The monoisotopic (exact) mass is 262 g/mol. The first-order valence-corrected chi connectivity index (χ1v) is 5.59. The minimum Gasteiger partial charge on any atom is -0.399 e. The van der Waals surface area contributed by atoms with Gasteiger partial charge in [0.1, 0.15) is 5.69 Å². The lowest BCUT2D eigenvalue weighted by atomic mass is 10.2. The normalized spacial score (nSPS) is 10.1. The summed E-state index contributed by atoms with van der Waals surface area (Å²) < 4.78 is 0. The molecule has 1 amide bonds. The van der Waals surface area contributed by atoms with Gasteiger partial charge >= 0.3 is 0 Å². The van der Waals surface area contributed by atoms with Crippen molar-refractivity contribution >= 4 is 28.9 Å². The number of anilines is 2. The lowest BCUT2D eigenvalue weighted by molar-refractivity contribution is 0.102. The van der Waals surface area contributed by atoms with Crippen molar-refractivity contribution in [3.63, 3.8) is 0 Å². The van der Waals surface area contributed by atoms with E-state index in [9.17, 15) is 4.79 Å². The SMILES string of the molecule is Cc1cnc(C(=O)Nc2cc(N)ccc2Cl)cn1. The molecule has 0 saturated carbocycles. The number of nitrogens with two attached hydrogens (primary N) is 1. The third-order valence-electron chi connectivity index (χ3n) is 2.25. The van der Waals surface area contributed by atoms with Gasteiger partial charge in [-0.1, -0.05) is 11.6 Å². The van der Waals surface area contributed by atoms with Crippen molar-refractivity contribution in [2.75, 3.05) is 11.1 Å². The molecule has 1 aromatic carbocycles. The molecule has 0 aliphatic rings. The third-order valence-corrected chi connectivity index (χ3v) is 2.58.